The smallest absolute Gasteiger partial charge is 0.408 e. The molecule has 3 amide bonds. The van der Waals surface area contributed by atoms with Gasteiger partial charge in [-0.15, -0.1) is 0 Å². The molecule has 0 aliphatic carbocycles. The fourth-order valence-corrected chi connectivity index (χ4v) is 4.78. The summed E-state index contributed by atoms with van der Waals surface area (Å²) in [6.45, 7) is 17.9. The summed E-state index contributed by atoms with van der Waals surface area (Å²) >= 11 is 0. The molecular formula is C34H51N3O4. The van der Waals surface area contributed by atoms with E-state index in [-0.39, 0.29) is 23.8 Å². The van der Waals surface area contributed by atoms with Crippen molar-refractivity contribution in [3.63, 3.8) is 0 Å². The molecule has 0 spiro atoms. The lowest BCUT2D eigenvalue weighted by atomic mass is 9.92. The number of aryl methyl sites for hydroxylation is 1. The molecule has 0 radical (unpaired) electrons. The van der Waals surface area contributed by atoms with Gasteiger partial charge in [-0.1, -0.05) is 88.7 Å². The van der Waals surface area contributed by atoms with Crippen LogP contribution in [0.5, 0.6) is 0 Å². The van der Waals surface area contributed by atoms with Crippen LogP contribution in [-0.4, -0.2) is 40.5 Å². The van der Waals surface area contributed by atoms with Crippen LogP contribution < -0.4 is 10.6 Å². The molecule has 2 N–H and O–H groups in total. The summed E-state index contributed by atoms with van der Waals surface area (Å²) in [6.07, 6.45) is 1.63. The minimum atomic E-state index is -0.874. The van der Waals surface area contributed by atoms with E-state index in [0.717, 1.165) is 29.5 Å². The van der Waals surface area contributed by atoms with Crippen LogP contribution in [0, 0.1) is 18.8 Å². The molecule has 4 unspecified atom stereocenters. The predicted octanol–water partition coefficient (Wildman–Crippen LogP) is 6.95. The first-order valence-corrected chi connectivity index (χ1v) is 14.9. The summed E-state index contributed by atoms with van der Waals surface area (Å²) in [6, 6.07) is 15.4. The molecule has 0 aromatic heterocycles. The monoisotopic (exact) mass is 565 g/mol. The molecule has 0 aliphatic heterocycles. The SMILES string of the molecule is CCC(C)C(NC(=O)OC(C)(C)C)C(=O)N(C(C)CCC(C)C)C(C(=O)NCc1ccccc1)c1ccccc1C. The zero-order valence-electron chi connectivity index (χ0n) is 26.5. The van der Waals surface area contributed by atoms with Crippen LogP contribution in [-0.2, 0) is 20.9 Å². The topological polar surface area (TPSA) is 87.7 Å². The van der Waals surface area contributed by atoms with Gasteiger partial charge in [0.25, 0.3) is 0 Å². The van der Waals surface area contributed by atoms with Gasteiger partial charge < -0.3 is 20.3 Å². The maximum atomic E-state index is 14.6. The number of benzene rings is 2. The van der Waals surface area contributed by atoms with E-state index in [0.29, 0.717) is 18.9 Å². The van der Waals surface area contributed by atoms with Crippen molar-refractivity contribution < 1.29 is 19.1 Å². The minimum absolute atomic E-state index is 0.181. The van der Waals surface area contributed by atoms with Crippen LogP contribution in [0.3, 0.4) is 0 Å². The molecular weight excluding hydrogens is 514 g/mol. The number of nitrogens with one attached hydrogen (secondary N) is 2. The van der Waals surface area contributed by atoms with Crippen molar-refractivity contribution in [2.75, 3.05) is 0 Å². The first-order chi connectivity index (χ1) is 19.2. The first-order valence-electron chi connectivity index (χ1n) is 14.9. The number of hydrogen-bond donors (Lipinski definition) is 2. The van der Waals surface area contributed by atoms with Gasteiger partial charge in [-0.3, -0.25) is 9.59 Å². The van der Waals surface area contributed by atoms with Crippen LogP contribution in [0.15, 0.2) is 54.6 Å². The van der Waals surface area contributed by atoms with Gasteiger partial charge in [0.05, 0.1) is 0 Å². The average Bonchev–Trinajstić information content (AvgIpc) is 2.91. The molecule has 226 valence electrons. The molecule has 0 bridgehead atoms. The molecule has 0 heterocycles. The Balaban J connectivity index is 2.59. The number of rotatable bonds is 13. The zero-order valence-corrected chi connectivity index (χ0v) is 26.5. The first kappa shape index (κ1) is 33.9. The van der Waals surface area contributed by atoms with Crippen molar-refractivity contribution in [2.24, 2.45) is 11.8 Å². The molecule has 41 heavy (non-hydrogen) atoms. The second-order valence-electron chi connectivity index (χ2n) is 12.5. The molecule has 2 rings (SSSR count). The lowest BCUT2D eigenvalue weighted by molar-refractivity contribution is -0.146. The number of amides is 3. The Morgan fingerprint density at radius 3 is 2.07 bits per heavy atom. The van der Waals surface area contributed by atoms with Gasteiger partial charge in [-0.2, -0.15) is 0 Å². The van der Waals surface area contributed by atoms with Crippen molar-refractivity contribution in [3.05, 3.63) is 71.3 Å². The minimum Gasteiger partial charge on any atom is -0.444 e. The maximum Gasteiger partial charge on any atom is 0.408 e. The highest BCUT2D eigenvalue weighted by Gasteiger charge is 2.40. The largest absolute Gasteiger partial charge is 0.444 e. The third-order valence-electron chi connectivity index (χ3n) is 7.36. The Morgan fingerprint density at radius 1 is 0.902 bits per heavy atom. The van der Waals surface area contributed by atoms with Crippen molar-refractivity contribution in [1.82, 2.24) is 15.5 Å². The van der Waals surface area contributed by atoms with Crippen LogP contribution >= 0.6 is 0 Å². The molecule has 0 aliphatic rings. The van der Waals surface area contributed by atoms with E-state index in [1.807, 2.05) is 82.3 Å². The number of ether oxygens (including phenoxy) is 1. The maximum absolute atomic E-state index is 14.6. The summed E-state index contributed by atoms with van der Waals surface area (Å²) < 4.78 is 5.53. The summed E-state index contributed by atoms with van der Waals surface area (Å²) in [5.74, 6) is -0.291. The Labute approximate surface area is 247 Å². The van der Waals surface area contributed by atoms with Gasteiger partial charge in [0, 0.05) is 12.6 Å². The fourth-order valence-electron chi connectivity index (χ4n) is 4.78. The number of hydrogen-bond acceptors (Lipinski definition) is 4. The lowest BCUT2D eigenvalue weighted by Crippen LogP contribution is -2.57. The quantitative estimate of drug-likeness (QED) is 0.275. The molecule has 0 saturated carbocycles. The number of nitrogens with zero attached hydrogens (tertiary/aromatic N) is 1. The highest BCUT2D eigenvalue weighted by Crippen LogP contribution is 2.30. The molecule has 2 aromatic rings. The van der Waals surface area contributed by atoms with E-state index >= 15 is 0 Å². The van der Waals surface area contributed by atoms with Crippen LogP contribution in [0.2, 0.25) is 0 Å². The second-order valence-corrected chi connectivity index (χ2v) is 12.5. The normalized spacial score (nSPS) is 14.5. The number of alkyl carbamates (subject to hydrolysis) is 1. The molecule has 7 heteroatoms. The standard InChI is InChI=1S/C34H51N3O4/c1-10-24(4)29(36-33(40)41-34(7,8)9)32(39)37(26(6)21-20-23(2)3)30(28-19-15-14-16-25(28)5)31(38)35-22-27-17-12-11-13-18-27/h11-19,23-24,26,29-30H,10,20-22H2,1-9H3,(H,35,38)(H,36,40). The lowest BCUT2D eigenvalue weighted by Gasteiger charge is -2.40. The average molecular weight is 566 g/mol. The van der Waals surface area contributed by atoms with Crippen molar-refractivity contribution in [2.45, 2.75) is 112 Å². The number of carbonyl (C=O) groups is 3. The second kappa shape index (κ2) is 15.6. The van der Waals surface area contributed by atoms with E-state index in [1.165, 1.54) is 0 Å². The van der Waals surface area contributed by atoms with Gasteiger partial charge in [0.15, 0.2) is 0 Å². The van der Waals surface area contributed by atoms with E-state index in [2.05, 4.69) is 24.5 Å². The van der Waals surface area contributed by atoms with E-state index < -0.39 is 23.8 Å². The molecule has 0 saturated heterocycles. The summed E-state index contributed by atoms with van der Waals surface area (Å²) in [5, 5.41) is 5.95. The highest BCUT2D eigenvalue weighted by molar-refractivity contribution is 5.92. The van der Waals surface area contributed by atoms with Gasteiger partial charge in [0.2, 0.25) is 11.8 Å². The molecule has 2 aromatic carbocycles. The molecule has 7 nitrogen and oxygen atoms in total. The van der Waals surface area contributed by atoms with Crippen molar-refractivity contribution >= 4 is 17.9 Å². The number of carbonyl (C=O) groups excluding carboxylic acids is 3. The molecule has 0 fully saturated rings. The third kappa shape index (κ3) is 10.5. The predicted molar refractivity (Wildman–Crippen MR) is 165 cm³/mol. The van der Waals surface area contributed by atoms with E-state index in [9.17, 15) is 14.4 Å². The van der Waals surface area contributed by atoms with Gasteiger partial charge >= 0.3 is 6.09 Å². The summed E-state index contributed by atoms with van der Waals surface area (Å²) in [7, 11) is 0. The van der Waals surface area contributed by atoms with Gasteiger partial charge in [0.1, 0.15) is 17.7 Å². The van der Waals surface area contributed by atoms with Crippen molar-refractivity contribution in [1.29, 1.82) is 0 Å². The molecule has 4 atom stereocenters. The summed E-state index contributed by atoms with van der Waals surface area (Å²) in [4.78, 5) is 43.3. The van der Waals surface area contributed by atoms with Gasteiger partial charge in [-0.25, -0.2) is 4.79 Å². The Kier molecular flexibility index (Phi) is 12.9. The Morgan fingerprint density at radius 2 is 1.51 bits per heavy atom. The highest BCUT2D eigenvalue weighted by atomic mass is 16.6. The summed E-state index contributed by atoms with van der Waals surface area (Å²) in [5.41, 5.74) is 1.95. The van der Waals surface area contributed by atoms with Gasteiger partial charge in [-0.05, 0) is 76.0 Å². The van der Waals surface area contributed by atoms with Crippen LogP contribution in [0.1, 0.15) is 97.4 Å². The van der Waals surface area contributed by atoms with Crippen LogP contribution in [0.4, 0.5) is 4.79 Å². The Bertz CT molecular complexity index is 1130. The third-order valence-corrected chi connectivity index (χ3v) is 7.36. The van der Waals surface area contributed by atoms with E-state index in [1.54, 1.807) is 25.7 Å². The van der Waals surface area contributed by atoms with E-state index in [4.69, 9.17) is 4.74 Å². The zero-order chi connectivity index (χ0) is 30.7. The Hall–Kier alpha value is -3.35. The van der Waals surface area contributed by atoms with Crippen molar-refractivity contribution in [3.8, 4) is 0 Å². The fraction of sp³-hybridized carbons (Fsp3) is 0.559. The van der Waals surface area contributed by atoms with Crippen LogP contribution in [0.25, 0.3) is 0 Å².